The third-order valence-electron chi connectivity index (χ3n) is 7.89. The molecule has 17 nitrogen and oxygen atoms in total. The Labute approximate surface area is 388 Å². The molecule has 0 radical (unpaired) electrons. The van der Waals surface area contributed by atoms with Crippen molar-refractivity contribution in [3.8, 4) is 0 Å². The van der Waals surface area contributed by atoms with E-state index in [0.29, 0.717) is 70.3 Å². The summed E-state index contributed by atoms with van der Waals surface area (Å²) in [6.45, 7) is 49.2. The zero-order valence-corrected chi connectivity index (χ0v) is 44.8. The zero-order chi connectivity index (χ0) is 49.1. The van der Waals surface area contributed by atoms with Gasteiger partial charge in [-0.3, -0.25) is 0 Å². The molecule has 0 spiro atoms. The van der Waals surface area contributed by atoms with E-state index >= 15 is 0 Å². The molecule has 2 atom stereocenters. The molecule has 0 saturated carbocycles. The molecule has 63 heavy (non-hydrogen) atoms. The Morgan fingerprint density at radius 1 is 0.444 bits per heavy atom. The zero-order valence-electron chi connectivity index (χ0n) is 42.1. The van der Waals surface area contributed by atoms with Gasteiger partial charge in [-0.2, -0.15) is 0 Å². The van der Waals surface area contributed by atoms with Gasteiger partial charge in [0.05, 0.1) is 46.2 Å². The van der Waals surface area contributed by atoms with E-state index in [9.17, 15) is 9.59 Å². The highest BCUT2D eigenvalue weighted by atomic mass is 31.2. The number of hydrogen-bond acceptors (Lipinski definition) is 13. The lowest BCUT2D eigenvalue weighted by Gasteiger charge is -2.45. The summed E-state index contributed by atoms with van der Waals surface area (Å²) >= 11 is 0. The lowest BCUT2D eigenvalue weighted by molar-refractivity contribution is 0.181. The average Bonchev–Trinajstić information content (AvgIpc) is 3.18. The summed E-state index contributed by atoms with van der Waals surface area (Å²) in [6.07, 6.45) is 5.26. The Morgan fingerprint density at radius 2 is 0.698 bits per heavy atom. The fraction of sp³-hybridized carbons (Fsp3) is 0.814. The van der Waals surface area contributed by atoms with Crippen LogP contribution in [-0.2, 0) is 22.6 Å². The van der Waals surface area contributed by atoms with E-state index in [-0.39, 0.29) is 62.5 Å². The molecule has 0 rings (SSSR count). The molecule has 2 unspecified atom stereocenters. The van der Waals surface area contributed by atoms with Gasteiger partial charge in [0.2, 0.25) is 0 Å². The number of aliphatic hydroxyl groups excluding tert-OH is 2. The summed E-state index contributed by atoms with van der Waals surface area (Å²) in [7, 11) is -3.23. The number of aliphatic hydroxyl groups is 2. The second-order valence-corrected chi connectivity index (χ2v) is 20.8. The summed E-state index contributed by atoms with van der Waals surface area (Å²) < 4.78 is 39.2. The molecule has 6 N–H and O–H groups in total. The Morgan fingerprint density at radius 3 is 0.937 bits per heavy atom. The lowest BCUT2D eigenvalue weighted by atomic mass is 10.3. The fourth-order valence-corrected chi connectivity index (χ4v) is 11.4. The van der Waals surface area contributed by atoms with Crippen molar-refractivity contribution in [2.24, 2.45) is 0 Å². The van der Waals surface area contributed by atoms with E-state index in [1.54, 1.807) is 12.2 Å². The predicted molar refractivity (Wildman–Crippen MR) is 267 cm³/mol. The Balaban J connectivity index is -0.00000103. The van der Waals surface area contributed by atoms with Gasteiger partial charge in [0, 0.05) is 74.5 Å². The highest BCUT2D eigenvalue weighted by molar-refractivity contribution is 7.47. The highest BCUT2D eigenvalue weighted by Gasteiger charge is 2.34. The van der Waals surface area contributed by atoms with Crippen LogP contribution in [0.2, 0.25) is 0 Å². The van der Waals surface area contributed by atoms with Gasteiger partial charge in [-0.15, -0.1) is 19.7 Å². The van der Waals surface area contributed by atoms with Crippen LogP contribution in [0.15, 0.2) is 38.0 Å². The van der Waals surface area contributed by atoms with Crippen molar-refractivity contribution in [3.05, 3.63) is 38.0 Å². The van der Waals surface area contributed by atoms with Crippen molar-refractivity contribution in [3.63, 3.8) is 0 Å². The van der Waals surface area contributed by atoms with Crippen LogP contribution in [0, 0.1) is 0 Å². The van der Waals surface area contributed by atoms with Crippen molar-refractivity contribution >= 4 is 37.6 Å². The molecule has 0 aliphatic heterocycles. The Hall–Kier alpha value is -1.39. The maximum Gasteiger partial charge on any atom is 0.314 e. The monoisotopic (exact) mass is 959 g/mol. The van der Waals surface area contributed by atoms with Crippen molar-refractivity contribution in [1.29, 1.82) is 0 Å². The molecule has 0 fully saturated rings. The van der Waals surface area contributed by atoms with Crippen LogP contribution in [0.3, 0.4) is 0 Å². The van der Waals surface area contributed by atoms with Gasteiger partial charge in [0.1, 0.15) is 0 Å². The minimum Gasteiger partial charge on any atom is -0.395 e. The maximum atomic E-state index is 12.1. The van der Waals surface area contributed by atoms with Crippen LogP contribution in [0.4, 0.5) is 9.59 Å². The molecule has 20 heteroatoms. The molecule has 0 aliphatic rings. The summed E-state index contributed by atoms with van der Waals surface area (Å²) in [4.78, 5) is 22.7. The second kappa shape index (κ2) is 40.8. The molecular weight excluding hydrogens is 865 g/mol. The van der Waals surface area contributed by atoms with Crippen LogP contribution in [0.25, 0.3) is 0 Å². The average molecular weight is 959 g/mol. The number of hydrogen-bond donors (Lipinski definition) is 6. The highest BCUT2D eigenvalue weighted by Crippen LogP contribution is 2.51. The number of urea groups is 2. The number of carbonyl (C=O) groups is 2. The largest absolute Gasteiger partial charge is 0.395 e. The van der Waals surface area contributed by atoms with E-state index in [2.05, 4.69) is 170 Å². The number of rotatable bonds is 33. The number of amides is 4. The lowest BCUT2D eigenvalue weighted by Crippen LogP contribution is -2.43. The van der Waals surface area contributed by atoms with E-state index in [1.165, 1.54) is 0 Å². The number of nitrogens with zero attached hydrogens (tertiary/aromatic N) is 4. The first kappa shape index (κ1) is 65.9. The summed E-state index contributed by atoms with van der Waals surface area (Å²) in [5.74, 6) is 0. The van der Waals surface area contributed by atoms with Crippen LogP contribution >= 0.6 is 25.5 Å². The van der Waals surface area contributed by atoms with Crippen molar-refractivity contribution in [2.45, 2.75) is 159 Å². The van der Waals surface area contributed by atoms with Gasteiger partial charge in [-0.1, -0.05) is 18.2 Å². The summed E-state index contributed by atoms with van der Waals surface area (Å²) in [5.41, 5.74) is 0. The molecule has 0 saturated heterocycles. The molecule has 374 valence electrons. The normalized spacial score (nSPS) is 12.8. The topological polar surface area (TPSA) is 182 Å². The standard InChI is InChI=1S/C23H48N4O5P2.C15H33N2OP.C5H12N2O3/c1-11-15-29-33(26(19(3)4)20(5)6)31-17-13-24-23(28)25-14-18-32-34(30-16-12-2)27(21(7)8)22(9)10;1-10-11-18-19(16(12(2)3)13(4)5)17(14(6)7)15(8)9;8-3-1-6-5(10)7-2-4-9/h11-12,19-22H,1-2,13-18H2,3-10H3,(H2,24,25,28);10,12-15H,1,11H2,2-9H3;8-9H,1-4H2,(H2,6,7,10). The van der Waals surface area contributed by atoms with Crippen LogP contribution in [0.1, 0.15) is 111 Å². The number of nitrogens with one attached hydrogen (secondary N) is 4. The van der Waals surface area contributed by atoms with Gasteiger partial charge < -0.3 is 54.1 Å². The van der Waals surface area contributed by atoms with E-state index in [1.807, 2.05) is 6.08 Å². The first-order valence-electron chi connectivity index (χ1n) is 22.4. The van der Waals surface area contributed by atoms with Gasteiger partial charge in [0.15, 0.2) is 8.45 Å². The molecule has 0 heterocycles. The summed E-state index contributed by atoms with van der Waals surface area (Å²) in [5, 5.41) is 26.8. The third kappa shape index (κ3) is 32.0. The molecular formula is C43H93N8O9P3. The molecule has 0 aromatic rings. The Kier molecular flexibility index (Phi) is 42.7. The van der Waals surface area contributed by atoms with E-state index in [0.717, 1.165) is 0 Å². The predicted octanol–water partition coefficient (Wildman–Crippen LogP) is 8.34. The van der Waals surface area contributed by atoms with Gasteiger partial charge >= 0.3 is 12.1 Å². The fourth-order valence-electron chi connectivity index (χ4n) is 5.92. The third-order valence-corrected chi connectivity index (χ3v) is 15.1. The van der Waals surface area contributed by atoms with Crippen molar-refractivity contribution in [1.82, 2.24) is 39.9 Å². The molecule has 0 aromatic heterocycles. The van der Waals surface area contributed by atoms with Crippen LogP contribution < -0.4 is 21.3 Å². The van der Waals surface area contributed by atoms with Crippen LogP contribution in [-0.4, -0.2) is 162 Å². The van der Waals surface area contributed by atoms with Crippen molar-refractivity contribution < 1.29 is 42.4 Å². The minimum atomic E-state index is -1.24. The SMILES string of the molecule is C=CCOP(N(C(C)C)C(C)C)N(C(C)C)C(C)C.C=CCOP(OCCNC(=O)NCCOP(OCC=C)N(C(C)C)C(C)C)N(C(C)C)C(C)C.O=C(NCCO)NCCO. The smallest absolute Gasteiger partial charge is 0.314 e. The van der Waals surface area contributed by atoms with Gasteiger partial charge in [-0.05, 0) is 111 Å². The quantitative estimate of drug-likeness (QED) is 0.0210. The molecule has 4 amide bonds. The molecule has 0 bridgehead atoms. The maximum absolute atomic E-state index is 12.1. The first-order valence-corrected chi connectivity index (χ1v) is 25.8. The second-order valence-electron chi connectivity index (χ2n) is 16.2. The number of carbonyl (C=O) groups excluding carboxylic acids is 2. The molecule has 0 aromatic carbocycles. The minimum absolute atomic E-state index is 0.0768. The molecule has 0 aliphatic carbocycles. The van der Waals surface area contributed by atoms with Crippen LogP contribution in [0.5, 0.6) is 0 Å². The van der Waals surface area contributed by atoms with E-state index < -0.39 is 25.5 Å². The van der Waals surface area contributed by atoms with Crippen molar-refractivity contribution in [2.75, 3.05) is 72.4 Å². The Bertz CT molecular complexity index is 1050. The van der Waals surface area contributed by atoms with Gasteiger partial charge in [-0.25, -0.2) is 28.3 Å². The first-order chi connectivity index (χ1) is 29.6. The van der Waals surface area contributed by atoms with E-state index in [4.69, 9.17) is 32.8 Å². The summed E-state index contributed by atoms with van der Waals surface area (Å²) in [6, 6.07) is 2.33. The van der Waals surface area contributed by atoms with Gasteiger partial charge in [0.25, 0.3) is 17.1 Å².